The molecule has 0 aromatic heterocycles. The lowest BCUT2D eigenvalue weighted by Crippen LogP contribution is -2.50. The molecule has 1 rings (SSSR count). The smallest absolute Gasteiger partial charge is 0.410 e. The molecule has 1 saturated heterocycles. The van der Waals surface area contributed by atoms with Crippen LogP contribution in [0.15, 0.2) is 0 Å². The topological polar surface area (TPSA) is 49.9 Å². The molecule has 0 saturated carbocycles. The molecular weight excluding hydrogens is 256 g/mol. The third-order valence-corrected chi connectivity index (χ3v) is 3.32. The van der Waals surface area contributed by atoms with Gasteiger partial charge in [-0.1, -0.05) is 6.42 Å². The quantitative estimate of drug-likeness (QED) is 0.555. The summed E-state index contributed by atoms with van der Waals surface area (Å²) in [6.45, 7) is 10.0. The van der Waals surface area contributed by atoms with Crippen LogP contribution in [-0.4, -0.2) is 60.5 Å². The van der Waals surface area contributed by atoms with E-state index >= 15 is 0 Å². The van der Waals surface area contributed by atoms with Gasteiger partial charge in [-0.15, -0.1) is 0 Å². The standard InChI is InChI=1S/C15H28N2O3/c1-15(2,3)20-14(19)17-11-9-16(10-12-17)8-6-4-5-7-13-18/h13H,4-12H2,1-3H3. The predicted octanol–water partition coefficient (Wildman–Crippen LogP) is 2.30. The number of nitrogens with zero attached hydrogens (tertiary/aromatic N) is 2. The molecule has 0 N–H and O–H groups in total. The van der Waals surface area contributed by atoms with Gasteiger partial charge in [0.15, 0.2) is 0 Å². The van der Waals surface area contributed by atoms with E-state index in [0.29, 0.717) is 6.42 Å². The number of carbonyl (C=O) groups excluding carboxylic acids is 2. The van der Waals surface area contributed by atoms with Crippen LogP contribution < -0.4 is 0 Å². The van der Waals surface area contributed by atoms with E-state index in [9.17, 15) is 9.59 Å². The molecule has 1 heterocycles. The van der Waals surface area contributed by atoms with Crippen LogP contribution >= 0.6 is 0 Å². The van der Waals surface area contributed by atoms with E-state index in [1.165, 1.54) is 0 Å². The van der Waals surface area contributed by atoms with Crippen molar-refractivity contribution in [3.8, 4) is 0 Å². The zero-order valence-electron chi connectivity index (χ0n) is 13.1. The Bertz CT molecular complexity index is 305. The third-order valence-electron chi connectivity index (χ3n) is 3.32. The van der Waals surface area contributed by atoms with Gasteiger partial charge < -0.3 is 14.4 Å². The molecule has 1 amide bonds. The minimum atomic E-state index is -0.424. The predicted molar refractivity (Wildman–Crippen MR) is 78.8 cm³/mol. The highest BCUT2D eigenvalue weighted by Crippen LogP contribution is 2.12. The average molecular weight is 284 g/mol. The zero-order chi connectivity index (χ0) is 15.0. The third kappa shape index (κ3) is 6.89. The van der Waals surface area contributed by atoms with Gasteiger partial charge in [-0.05, 0) is 40.2 Å². The minimum absolute atomic E-state index is 0.205. The van der Waals surface area contributed by atoms with Gasteiger partial charge in [0, 0.05) is 32.6 Å². The largest absolute Gasteiger partial charge is 0.444 e. The second-order valence-electron chi connectivity index (χ2n) is 6.33. The number of carbonyl (C=O) groups is 2. The van der Waals surface area contributed by atoms with Crippen LogP contribution in [0.5, 0.6) is 0 Å². The molecule has 5 heteroatoms. The Kier molecular flexibility index (Phi) is 6.99. The van der Waals surface area contributed by atoms with Crippen molar-refractivity contribution in [2.75, 3.05) is 32.7 Å². The van der Waals surface area contributed by atoms with Crippen molar-refractivity contribution in [1.82, 2.24) is 9.80 Å². The van der Waals surface area contributed by atoms with Gasteiger partial charge in [-0.25, -0.2) is 4.79 Å². The van der Waals surface area contributed by atoms with Gasteiger partial charge in [0.25, 0.3) is 0 Å². The van der Waals surface area contributed by atoms with Crippen molar-refractivity contribution in [1.29, 1.82) is 0 Å². The number of piperazine rings is 1. The highest BCUT2D eigenvalue weighted by Gasteiger charge is 2.25. The van der Waals surface area contributed by atoms with Crippen molar-refractivity contribution in [3.63, 3.8) is 0 Å². The highest BCUT2D eigenvalue weighted by molar-refractivity contribution is 5.68. The lowest BCUT2D eigenvalue weighted by molar-refractivity contribution is -0.107. The van der Waals surface area contributed by atoms with Crippen LogP contribution in [0.3, 0.4) is 0 Å². The summed E-state index contributed by atoms with van der Waals surface area (Å²) in [5, 5.41) is 0. The van der Waals surface area contributed by atoms with Crippen molar-refractivity contribution in [3.05, 3.63) is 0 Å². The fourth-order valence-electron chi connectivity index (χ4n) is 2.22. The number of aldehydes is 1. The van der Waals surface area contributed by atoms with Gasteiger partial charge in [-0.3, -0.25) is 4.90 Å². The normalized spacial score (nSPS) is 17.1. The Morgan fingerprint density at radius 1 is 1.10 bits per heavy atom. The number of hydrogen-bond acceptors (Lipinski definition) is 4. The van der Waals surface area contributed by atoms with E-state index in [1.54, 1.807) is 4.90 Å². The van der Waals surface area contributed by atoms with E-state index in [1.807, 2.05) is 20.8 Å². The molecule has 20 heavy (non-hydrogen) atoms. The number of amides is 1. The first-order valence-electron chi connectivity index (χ1n) is 7.56. The number of ether oxygens (including phenoxy) is 1. The monoisotopic (exact) mass is 284 g/mol. The molecular formula is C15H28N2O3. The molecule has 0 radical (unpaired) electrons. The van der Waals surface area contributed by atoms with E-state index in [0.717, 1.165) is 58.3 Å². The summed E-state index contributed by atoms with van der Waals surface area (Å²) in [6.07, 6.45) is 4.67. The zero-order valence-corrected chi connectivity index (χ0v) is 13.1. The van der Waals surface area contributed by atoms with E-state index in [-0.39, 0.29) is 6.09 Å². The summed E-state index contributed by atoms with van der Waals surface area (Å²) in [7, 11) is 0. The molecule has 0 aromatic rings. The van der Waals surface area contributed by atoms with Crippen molar-refractivity contribution in [2.24, 2.45) is 0 Å². The number of rotatable bonds is 6. The second kappa shape index (κ2) is 8.25. The second-order valence-corrected chi connectivity index (χ2v) is 6.33. The first kappa shape index (κ1) is 17.0. The summed E-state index contributed by atoms with van der Waals surface area (Å²) >= 11 is 0. The van der Waals surface area contributed by atoms with Gasteiger partial charge >= 0.3 is 6.09 Å². The lowest BCUT2D eigenvalue weighted by Gasteiger charge is -2.35. The molecule has 0 aliphatic carbocycles. The summed E-state index contributed by atoms with van der Waals surface area (Å²) in [6, 6.07) is 0. The molecule has 0 unspecified atom stereocenters. The van der Waals surface area contributed by atoms with Crippen molar-refractivity contribution >= 4 is 12.4 Å². The molecule has 1 fully saturated rings. The van der Waals surface area contributed by atoms with Gasteiger partial charge in [0.2, 0.25) is 0 Å². The summed E-state index contributed by atoms with van der Waals surface area (Å²) < 4.78 is 5.37. The number of unbranched alkanes of at least 4 members (excludes halogenated alkanes) is 3. The Hall–Kier alpha value is -1.10. The minimum Gasteiger partial charge on any atom is -0.444 e. The first-order valence-corrected chi connectivity index (χ1v) is 7.56. The van der Waals surface area contributed by atoms with Crippen LogP contribution in [0.25, 0.3) is 0 Å². The maximum atomic E-state index is 11.9. The van der Waals surface area contributed by atoms with Crippen LogP contribution in [0.2, 0.25) is 0 Å². The van der Waals surface area contributed by atoms with Gasteiger partial charge in [0.05, 0.1) is 0 Å². The van der Waals surface area contributed by atoms with Crippen LogP contribution in [0.1, 0.15) is 46.5 Å². The lowest BCUT2D eigenvalue weighted by atomic mass is 10.2. The summed E-state index contributed by atoms with van der Waals surface area (Å²) in [4.78, 5) is 26.3. The summed E-state index contributed by atoms with van der Waals surface area (Å²) in [5.74, 6) is 0. The number of hydrogen-bond donors (Lipinski definition) is 0. The molecule has 1 aliphatic rings. The molecule has 116 valence electrons. The van der Waals surface area contributed by atoms with Crippen LogP contribution in [-0.2, 0) is 9.53 Å². The Labute approximate surface area is 122 Å². The van der Waals surface area contributed by atoms with Crippen molar-refractivity contribution < 1.29 is 14.3 Å². The molecule has 5 nitrogen and oxygen atoms in total. The summed E-state index contributed by atoms with van der Waals surface area (Å²) in [5.41, 5.74) is -0.424. The van der Waals surface area contributed by atoms with Gasteiger partial charge in [-0.2, -0.15) is 0 Å². The van der Waals surface area contributed by atoms with Crippen molar-refractivity contribution in [2.45, 2.75) is 52.1 Å². The van der Waals surface area contributed by atoms with E-state index < -0.39 is 5.60 Å². The SMILES string of the molecule is CC(C)(C)OC(=O)N1CCN(CCCCCC=O)CC1. The highest BCUT2D eigenvalue weighted by atomic mass is 16.6. The molecule has 0 spiro atoms. The fourth-order valence-corrected chi connectivity index (χ4v) is 2.22. The molecule has 1 aliphatic heterocycles. The Balaban J connectivity index is 2.16. The molecule has 0 aromatic carbocycles. The molecule has 0 atom stereocenters. The maximum Gasteiger partial charge on any atom is 0.410 e. The first-order chi connectivity index (χ1) is 9.42. The van der Waals surface area contributed by atoms with E-state index in [4.69, 9.17) is 4.74 Å². The molecule has 0 bridgehead atoms. The van der Waals surface area contributed by atoms with E-state index in [2.05, 4.69) is 4.90 Å². The van der Waals surface area contributed by atoms with Crippen LogP contribution in [0.4, 0.5) is 4.79 Å². The average Bonchev–Trinajstić information content (AvgIpc) is 2.37. The van der Waals surface area contributed by atoms with Gasteiger partial charge in [0.1, 0.15) is 11.9 Å². The Morgan fingerprint density at radius 3 is 2.30 bits per heavy atom. The van der Waals surface area contributed by atoms with Crippen LogP contribution in [0, 0.1) is 0 Å². The maximum absolute atomic E-state index is 11.9. The fraction of sp³-hybridized carbons (Fsp3) is 0.867. The Morgan fingerprint density at radius 2 is 1.75 bits per heavy atom.